The summed E-state index contributed by atoms with van der Waals surface area (Å²) in [7, 11) is 5.94. The molecule has 2 unspecified atom stereocenters. The molecule has 0 rings (SSSR count). The Bertz CT molecular complexity index is 1620. The summed E-state index contributed by atoms with van der Waals surface area (Å²) in [6.07, 6.45) is 85.6. The minimum Gasteiger partial charge on any atom is -0.545 e. The van der Waals surface area contributed by atoms with Gasteiger partial charge in [-0.2, -0.15) is 0 Å². The van der Waals surface area contributed by atoms with Gasteiger partial charge in [-0.25, -0.2) is 0 Å². The van der Waals surface area contributed by atoms with Gasteiger partial charge < -0.3 is 33.3 Å². The average Bonchev–Trinajstić information content (AvgIpc) is 3.49. The smallest absolute Gasteiger partial charge is 0.306 e. The Balaban J connectivity index is 4.07. The lowest BCUT2D eigenvalue weighted by Crippen LogP contribution is -2.44. The van der Waals surface area contributed by atoms with Crippen molar-refractivity contribution in [2.75, 3.05) is 47.5 Å². The maximum Gasteiger partial charge on any atom is 0.306 e. The third-order valence-corrected chi connectivity index (χ3v) is 15.9. The highest BCUT2D eigenvalue weighted by Crippen LogP contribution is 2.18. The van der Waals surface area contributed by atoms with Crippen LogP contribution in [-0.4, -0.2) is 82.3 Å². The van der Waals surface area contributed by atoms with Crippen LogP contribution in [0.5, 0.6) is 0 Å². The minimum absolute atomic E-state index is 0.148. The van der Waals surface area contributed by atoms with Gasteiger partial charge in [-0.15, -0.1) is 0 Å². The SMILES string of the molecule is CC/C=C\C/C=C\C/C=C\C/C=C\C/C=C\CCCCCCCCCCCCCCCCCCCC(=O)OC(COC(=O)CCCCCCCCCCCCCCCCC/C=C\CCCCCCCCCC)COC(OCC[N+](C)(C)C)C(=O)[O-]. The fourth-order valence-electron chi connectivity index (χ4n) is 10.4. The van der Waals surface area contributed by atoms with Crippen molar-refractivity contribution < 1.29 is 42.9 Å². The van der Waals surface area contributed by atoms with Gasteiger partial charge in [0.2, 0.25) is 0 Å². The van der Waals surface area contributed by atoms with Crippen LogP contribution in [0.4, 0.5) is 0 Å². The zero-order valence-electron chi connectivity index (χ0n) is 56.5. The first-order valence-corrected chi connectivity index (χ1v) is 36.1. The van der Waals surface area contributed by atoms with E-state index in [1.807, 2.05) is 21.1 Å². The quantitative estimate of drug-likeness (QED) is 0.0195. The molecule has 0 N–H and O–H groups in total. The first-order chi connectivity index (χ1) is 41.6. The summed E-state index contributed by atoms with van der Waals surface area (Å²) < 4.78 is 22.8. The lowest BCUT2D eigenvalue weighted by molar-refractivity contribution is -0.870. The van der Waals surface area contributed by atoms with Crippen LogP contribution in [0.2, 0.25) is 0 Å². The number of rotatable bonds is 67. The Morgan fingerprint density at radius 3 is 1.01 bits per heavy atom. The molecule has 2 atom stereocenters. The number of unbranched alkanes of at least 4 members (excludes halogenated alkanes) is 40. The highest BCUT2D eigenvalue weighted by atomic mass is 16.7. The van der Waals surface area contributed by atoms with E-state index >= 15 is 0 Å². The predicted octanol–water partition coefficient (Wildman–Crippen LogP) is 21.1. The Hall–Kier alpha value is -3.27. The van der Waals surface area contributed by atoms with Crippen LogP contribution < -0.4 is 5.11 Å². The van der Waals surface area contributed by atoms with Crippen LogP contribution in [0.1, 0.15) is 335 Å². The zero-order valence-corrected chi connectivity index (χ0v) is 56.5. The lowest BCUT2D eigenvalue weighted by atomic mass is 10.0. The Morgan fingerprint density at radius 2 is 0.671 bits per heavy atom. The van der Waals surface area contributed by atoms with Gasteiger partial charge in [0.15, 0.2) is 12.4 Å². The summed E-state index contributed by atoms with van der Waals surface area (Å²) in [6, 6.07) is 0. The summed E-state index contributed by atoms with van der Waals surface area (Å²) >= 11 is 0. The van der Waals surface area contributed by atoms with Gasteiger partial charge in [0.25, 0.3) is 0 Å². The first-order valence-electron chi connectivity index (χ1n) is 36.1. The Kier molecular flexibility index (Phi) is 64.1. The van der Waals surface area contributed by atoms with E-state index in [4.69, 9.17) is 18.9 Å². The van der Waals surface area contributed by atoms with Crippen molar-refractivity contribution in [1.29, 1.82) is 0 Å². The van der Waals surface area contributed by atoms with Gasteiger partial charge in [-0.05, 0) is 83.5 Å². The number of allylic oxidation sites excluding steroid dienone is 12. The first kappa shape index (κ1) is 81.7. The molecule has 0 aliphatic carbocycles. The van der Waals surface area contributed by atoms with Crippen molar-refractivity contribution in [2.45, 2.75) is 347 Å². The van der Waals surface area contributed by atoms with Gasteiger partial charge in [0.1, 0.15) is 13.2 Å². The molecule has 0 saturated heterocycles. The molecule has 9 heteroatoms. The Labute approximate surface area is 526 Å². The summed E-state index contributed by atoms with van der Waals surface area (Å²) in [5.74, 6) is -2.26. The Morgan fingerprint density at radius 1 is 0.365 bits per heavy atom. The highest BCUT2D eigenvalue weighted by Gasteiger charge is 2.22. The van der Waals surface area contributed by atoms with Gasteiger partial charge in [0, 0.05) is 12.8 Å². The molecule has 0 aliphatic rings. The summed E-state index contributed by atoms with van der Waals surface area (Å²) in [6.45, 7) is 4.68. The van der Waals surface area contributed by atoms with E-state index in [1.54, 1.807) is 0 Å². The molecule has 0 fully saturated rings. The molecule has 0 aliphatic heterocycles. The van der Waals surface area contributed by atoms with Gasteiger partial charge in [-0.3, -0.25) is 9.59 Å². The van der Waals surface area contributed by atoms with Crippen molar-refractivity contribution in [2.24, 2.45) is 0 Å². The molecule has 0 saturated carbocycles. The summed E-state index contributed by atoms with van der Waals surface area (Å²) in [5, 5.41) is 11.8. The van der Waals surface area contributed by atoms with Crippen molar-refractivity contribution in [3.8, 4) is 0 Å². The zero-order chi connectivity index (χ0) is 61.9. The van der Waals surface area contributed by atoms with Crippen molar-refractivity contribution in [3.63, 3.8) is 0 Å². The summed E-state index contributed by atoms with van der Waals surface area (Å²) in [4.78, 5) is 37.5. The minimum atomic E-state index is -1.62. The molecular formula is C76H137NO8. The number of ether oxygens (including phenoxy) is 4. The number of aliphatic carboxylic acids is 1. The van der Waals surface area contributed by atoms with Crippen LogP contribution in [0.25, 0.3) is 0 Å². The number of carboxylic acid groups (broad SMARTS) is 1. The monoisotopic (exact) mass is 1190 g/mol. The van der Waals surface area contributed by atoms with Crippen LogP contribution >= 0.6 is 0 Å². The molecule has 0 amide bonds. The van der Waals surface area contributed by atoms with Crippen LogP contribution in [0.15, 0.2) is 72.9 Å². The second-order valence-electron chi connectivity index (χ2n) is 25.5. The number of quaternary nitrogens is 1. The second kappa shape index (κ2) is 66.7. The molecule has 85 heavy (non-hydrogen) atoms. The second-order valence-corrected chi connectivity index (χ2v) is 25.5. The maximum atomic E-state index is 12.9. The predicted molar refractivity (Wildman–Crippen MR) is 361 cm³/mol. The fraction of sp³-hybridized carbons (Fsp3) is 0.803. The normalized spacial score (nSPS) is 13.1. The van der Waals surface area contributed by atoms with Crippen LogP contribution in [0.3, 0.4) is 0 Å². The van der Waals surface area contributed by atoms with Gasteiger partial charge in [0.05, 0.1) is 40.3 Å². The van der Waals surface area contributed by atoms with Gasteiger partial charge in [-0.1, -0.05) is 311 Å². The number of nitrogens with zero attached hydrogens (tertiary/aromatic N) is 1. The van der Waals surface area contributed by atoms with E-state index < -0.39 is 24.3 Å². The molecule has 9 nitrogen and oxygen atoms in total. The molecule has 0 aromatic heterocycles. The lowest BCUT2D eigenvalue weighted by Gasteiger charge is -2.26. The third kappa shape index (κ3) is 68.1. The average molecular weight is 1190 g/mol. The number of carbonyl (C=O) groups is 3. The topological polar surface area (TPSA) is 111 Å². The van der Waals surface area contributed by atoms with Gasteiger partial charge >= 0.3 is 11.9 Å². The fourth-order valence-corrected chi connectivity index (χ4v) is 10.4. The van der Waals surface area contributed by atoms with E-state index in [0.717, 1.165) is 64.2 Å². The largest absolute Gasteiger partial charge is 0.545 e. The van der Waals surface area contributed by atoms with Crippen LogP contribution in [0, 0.1) is 0 Å². The van der Waals surface area contributed by atoms with Crippen molar-refractivity contribution in [1.82, 2.24) is 0 Å². The van der Waals surface area contributed by atoms with E-state index in [1.165, 1.54) is 238 Å². The van der Waals surface area contributed by atoms with Crippen LogP contribution in [-0.2, 0) is 33.3 Å². The molecular weight excluding hydrogens is 1050 g/mol. The van der Waals surface area contributed by atoms with E-state index in [0.29, 0.717) is 23.9 Å². The number of likely N-dealkylation sites (N-methyl/N-ethyl adjacent to an activating group) is 1. The third-order valence-electron chi connectivity index (χ3n) is 15.9. The summed E-state index contributed by atoms with van der Waals surface area (Å²) in [5.41, 5.74) is 0. The molecule has 0 aromatic carbocycles. The number of hydrogen-bond acceptors (Lipinski definition) is 8. The maximum absolute atomic E-state index is 12.9. The molecule has 0 radical (unpaired) electrons. The molecule has 0 spiro atoms. The van der Waals surface area contributed by atoms with E-state index in [9.17, 15) is 19.5 Å². The number of carbonyl (C=O) groups excluding carboxylic acids is 3. The molecule has 494 valence electrons. The number of esters is 2. The molecule has 0 bridgehead atoms. The molecule has 0 aromatic rings. The van der Waals surface area contributed by atoms with Crippen molar-refractivity contribution >= 4 is 17.9 Å². The number of carboxylic acids is 1. The van der Waals surface area contributed by atoms with E-state index in [-0.39, 0.29) is 32.2 Å². The van der Waals surface area contributed by atoms with Crippen molar-refractivity contribution in [3.05, 3.63) is 72.9 Å². The number of hydrogen-bond donors (Lipinski definition) is 0. The standard InChI is InChI=1S/C76H137NO8/c1-6-8-10-12-14-16-18-20-22-24-26-28-30-32-34-35-36-37-38-39-41-43-45-47-49-51-53-55-57-59-61-63-65-67-74(79)85-72(71-84-76(75(80)81)82-69-68-77(3,4)5)70-83-73(78)66-64-62-60-58-56-54-52-50-48-46-44-42-40-33-31-29-27-25-23-21-19-17-15-13-11-9-7-2/h8,10,14,16,20,22,25-28,32,34,72,76H,6-7,9,11-13,15,17-19,21,23-24,29-31,33,35-71H2,1-5H3/b10-8-,16-14-,22-20-,27-25-,28-26-,34-32-. The van der Waals surface area contributed by atoms with E-state index in [2.05, 4.69) is 86.8 Å². The highest BCUT2D eigenvalue weighted by molar-refractivity contribution is 5.70. The molecule has 0 heterocycles.